The lowest BCUT2D eigenvalue weighted by atomic mass is 10.1. The Morgan fingerprint density at radius 3 is 2.62 bits per heavy atom. The molecular weight excluding hydrogens is 262 g/mol. The molecule has 0 atom stereocenters. The van der Waals surface area contributed by atoms with Crippen LogP contribution in [0.25, 0.3) is 0 Å². The summed E-state index contributed by atoms with van der Waals surface area (Å²) in [5.74, 6) is 1.05. The molecule has 3 fully saturated rings. The van der Waals surface area contributed by atoms with Gasteiger partial charge in [-0.2, -0.15) is 0 Å². The number of nitrogens with one attached hydrogen (secondary N) is 1. The van der Waals surface area contributed by atoms with E-state index in [1.807, 2.05) is 12.1 Å². The number of aromatic nitrogens is 1. The van der Waals surface area contributed by atoms with Crippen LogP contribution in [0.4, 0.5) is 0 Å². The Morgan fingerprint density at radius 1 is 1.19 bits per heavy atom. The van der Waals surface area contributed by atoms with Crippen molar-refractivity contribution in [3.8, 4) is 0 Å². The van der Waals surface area contributed by atoms with Crippen molar-refractivity contribution in [3.63, 3.8) is 0 Å². The zero-order valence-electron chi connectivity index (χ0n) is 12.6. The van der Waals surface area contributed by atoms with E-state index in [2.05, 4.69) is 21.0 Å². The predicted molar refractivity (Wildman–Crippen MR) is 82.4 cm³/mol. The molecule has 1 saturated heterocycles. The molecule has 21 heavy (non-hydrogen) atoms. The predicted octanol–water partition coefficient (Wildman–Crippen LogP) is 2.43. The average molecular weight is 287 g/mol. The van der Waals surface area contributed by atoms with Crippen LogP contribution in [0, 0.1) is 5.92 Å². The first-order valence-electron chi connectivity index (χ1n) is 8.51. The summed E-state index contributed by atoms with van der Waals surface area (Å²) in [6, 6.07) is 5.07. The minimum absolute atomic E-state index is 0.271. The summed E-state index contributed by atoms with van der Waals surface area (Å²) >= 11 is 0. The molecule has 1 N–H and O–H groups in total. The number of rotatable bonds is 5. The largest absolute Gasteiger partial charge is 0.340 e. The van der Waals surface area contributed by atoms with Crippen molar-refractivity contribution in [2.24, 2.45) is 5.92 Å². The summed E-state index contributed by atoms with van der Waals surface area (Å²) in [6.45, 7) is 3.11. The molecule has 0 bridgehead atoms. The van der Waals surface area contributed by atoms with Crippen molar-refractivity contribution in [1.82, 2.24) is 14.8 Å². The van der Waals surface area contributed by atoms with Crippen LogP contribution in [0.3, 0.4) is 0 Å². The number of nitrogens with zero attached hydrogens (tertiary/aromatic N) is 2. The van der Waals surface area contributed by atoms with Crippen LogP contribution in [-0.2, 0) is 0 Å². The van der Waals surface area contributed by atoms with Gasteiger partial charge in [0, 0.05) is 24.8 Å². The Bertz CT molecular complexity index is 510. The van der Waals surface area contributed by atoms with E-state index in [1.165, 1.54) is 25.7 Å². The minimum Gasteiger partial charge on any atom is -0.340 e. The Morgan fingerprint density at radius 2 is 1.95 bits per heavy atom. The van der Waals surface area contributed by atoms with Gasteiger partial charge in [-0.15, -0.1) is 0 Å². The van der Waals surface area contributed by atoms with Crippen LogP contribution in [0.1, 0.15) is 55.1 Å². The van der Waals surface area contributed by atoms with E-state index >= 15 is 0 Å². The zero-order valence-corrected chi connectivity index (χ0v) is 12.6. The molecule has 0 radical (unpaired) electrons. The molecule has 0 unspecified atom stereocenters. The third-order valence-electron chi connectivity index (χ3n) is 5.10. The lowest BCUT2D eigenvalue weighted by Gasteiger charge is -2.28. The SMILES string of the molecule is O=C(c1cccn1C1CCNCC1)N(CC1CC1)C1CC1. The lowest BCUT2D eigenvalue weighted by Crippen LogP contribution is -2.37. The molecule has 114 valence electrons. The summed E-state index contributed by atoms with van der Waals surface area (Å²) in [5.41, 5.74) is 0.912. The monoisotopic (exact) mass is 287 g/mol. The van der Waals surface area contributed by atoms with Gasteiger partial charge in [0.2, 0.25) is 0 Å². The molecule has 4 heteroatoms. The smallest absolute Gasteiger partial charge is 0.270 e. The van der Waals surface area contributed by atoms with E-state index in [-0.39, 0.29) is 5.91 Å². The number of hydrogen-bond donors (Lipinski definition) is 1. The number of amides is 1. The minimum atomic E-state index is 0.271. The molecular formula is C17H25N3O. The summed E-state index contributed by atoms with van der Waals surface area (Å²) in [4.78, 5) is 15.2. The Kier molecular flexibility index (Phi) is 3.49. The third kappa shape index (κ3) is 2.86. The molecule has 1 aromatic heterocycles. The second-order valence-corrected chi connectivity index (χ2v) is 6.91. The first-order chi connectivity index (χ1) is 10.3. The van der Waals surface area contributed by atoms with Crippen LogP contribution in [0.5, 0.6) is 0 Å². The van der Waals surface area contributed by atoms with Gasteiger partial charge in [-0.3, -0.25) is 4.79 Å². The van der Waals surface area contributed by atoms with Gasteiger partial charge in [0.15, 0.2) is 0 Å². The van der Waals surface area contributed by atoms with Gasteiger partial charge in [-0.25, -0.2) is 0 Å². The van der Waals surface area contributed by atoms with Crippen molar-refractivity contribution >= 4 is 5.91 Å². The van der Waals surface area contributed by atoms with Gasteiger partial charge >= 0.3 is 0 Å². The molecule has 2 saturated carbocycles. The van der Waals surface area contributed by atoms with Gasteiger partial charge in [0.1, 0.15) is 5.69 Å². The first-order valence-corrected chi connectivity index (χ1v) is 8.51. The number of hydrogen-bond acceptors (Lipinski definition) is 2. The van der Waals surface area contributed by atoms with E-state index in [1.54, 1.807) is 0 Å². The topological polar surface area (TPSA) is 37.3 Å². The fourth-order valence-corrected chi connectivity index (χ4v) is 3.49. The van der Waals surface area contributed by atoms with E-state index in [9.17, 15) is 4.79 Å². The highest BCUT2D eigenvalue weighted by Gasteiger charge is 2.37. The Labute approximate surface area is 126 Å². The quantitative estimate of drug-likeness (QED) is 0.903. The van der Waals surface area contributed by atoms with E-state index < -0.39 is 0 Å². The van der Waals surface area contributed by atoms with Crippen LogP contribution in [-0.4, -0.2) is 41.1 Å². The summed E-state index contributed by atoms with van der Waals surface area (Å²) < 4.78 is 2.24. The summed E-state index contributed by atoms with van der Waals surface area (Å²) in [7, 11) is 0. The van der Waals surface area contributed by atoms with Gasteiger partial charge in [0.05, 0.1) is 0 Å². The number of carbonyl (C=O) groups is 1. The van der Waals surface area contributed by atoms with Crippen molar-refractivity contribution in [2.45, 2.75) is 50.6 Å². The maximum Gasteiger partial charge on any atom is 0.270 e. The highest BCUT2D eigenvalue weighted by Crippen LogP contribution is 2.36. The molecule has 1 amide bonds. The maximum absolute atomic E-state index is 13.0. The van der Waals surface area contributed by atoms with E-state index in [0.29, 0.717) is 12.1 Å². The van der Waals surface area contributed by atoms with Crippen LogP contribution < -0.4 is 5.32 Å². The van der Waals surface area contributed by atoms with Crippen molar-refractivity contribution in [1.29, 1.82) is 0 Å². The molecule has 3 aliphatic rings. The molecule has 1 aliphatic heterocycles. The van der Waals surface area contributed by atoms with Gasteiger partial charge in [-0.05, 0) is 69.7 Å². The van der Waals surface area contributed by atoms with E-state index in [0.717, 1.165) is 44.1 Å². The Hall–Kier alpha value is -1.29. The number of carbonyl (C=O) groups excluding carboxylic acids is 1. The van der Waals surface area contributed by atoms with Gasteiger partial charge in [0.25, 0.3) is 5.91 Å². The molecule has 2 heterocycles. The highest BCUT2D eigenvalue weighted by molar-refractivity contribution is 5.93. The second kappa shape index (κ2) is 5.48. The first kappa shape index (κ1) is 13.4. The Balaban J connectivity index is 1.53. The van der Waals surface area contributed by atoms with Crippen molar-refractivity contribution in [3.05, 3.63) is 24.0 Å². The molecule has 4 rings (SSSR count). The van der Waals surface area contributed by atoms with Gasteiger partial charge in [-0.1, -0.05) is 0 Å². The fraction of sp³-hybridized carbons (Fsp3) is 0.706. The molecule has 1 aromatic rings. The standard InChI is InChI=1S/C17H25N3O/c21-17(20(14-5-6-14)12-13-3-4-13)16-2-1-11-19(16)15-7-9-18-10-8-15/h1-2,11,13-15,18H,3-10,12H2. The van der Waals surface area contributed by atoms with Crippen LogP contribution >= 0.6 is 0 Å². The van der Waals surface area contributed by atoms with Crippen LogP contribution in [0.15, 0.2) is 18.3 Å². The second-order valence-electron chi connectivity index (χ2n) is 6.91. The third-order valence-corrected chi connectivity index (χ3v) is 5.10. The van der Waals surface area contributed by atoms with Gasteiger partial charge < -0.3 is 14.8 Å². The van der Waals surface area contributed by atoms with Crippen molar-refractivity contribution in [2.75, 3.05) is 19.6 Å². The average Bonchev–Trinajstić information content (AvgIpc) is 3.44. The molecule has 0 spiro atoms. The molecule has 0 aromatic carbocycles. The van der Waals surface area contributed by atoms with Crippen LogP contribution in [0.2, 0.25) is 0 Å². The highest BCUT2D eigenvalue weighted by atomic mass is 16.2. The lowest BCUT2D eigenvalue weighted by molar-refractivity contribution is 0.0720. The fourth-order valence-electron chi connectivity index (χ4n) is 3.49. The van der Waals surface area contributed by atoms with E-state index in [4.69, 9.17) is 0 Å². The van der Waals surface area contributed by atoms with Crippen molar-refractivity contribution < 1.29 is 4.79 Å². The summed E-state index contributed by atoms with van der Waals surface area (Å²) in [5, 5.41) is 3.40. The zero-order chi connectivity index (χ0) is 14.2. The molecule has 2 aliphatic carbocycles. The summed E-state index contributed by atoms with van der Waals surface area (Å²) in [6.07, 6.45) is 9.38. The number of piperidine rings is 1. The maximum atomic E-state index is 13.0. The normalized spacial score (nSPS) is 23.2. The molecule has 4 nitrogen and oxygen atoms in total.